The van der Waals surface area contributed by atoms with Crippen molar-refractivity contribution >= 4 is 28.5 Å². The zero-order chi connectivity index (χ0) is 24.8. The lowest BCUT2D eigenvalue weighted by Crippen LogP contribution is -2.46. The zero-order valence-electron chi connectivity index (χ0n) is 20.0. The number of nitrogens with one attached hydrogen (secondary N) is 1. The lowest BCUT2D eigenvalue weighted by Gasteiger charge is -2.32. The van der Waals surface area contributed by atoms with E-state index in [1.807, 2.05) is 56.3 Å². The van der Waals surface area contributed by atoms with Crippen LogP contribution in [0.2, 0.25) is 0 Å². The first kappa shape index (κ1) is 24.0. The molecule has 2 amide bonds. The van der Waals surface area contributed by atoms with Gasteiger partial charge in [0.2, 0.25) is 11.8 Å². The van der Waals surface area contributed by atoms with Crippen LogP contribution in [0.4, 0.5) is 5.69 Å². The number of methoxy groups -OCH3 is 1. The number of aryl methyl sites for hydroxylation is 2. The second-order valence-electron chi connectivity index (χ2n) is 8.26. The highest BCUT2D eigenvalue weighted by Crippen LogP contribution is 2.31. The van der Waals surface area contributed by atoms with E-state index in [9.17, 15) is 9.59 Å². The summed E-state index contributed by atoms with van der Waals surface area (Å²) in [4.78, 5) is 33.2. The minimum Gasteiger partial charge on any atom is -0.383 e. The number of benzene rings is 2. The Kier molecular flexibility index (Phi) is 7.47. The summed E-state index contributed by atoms with van der Waals surface area (Å²) < 4.78 is 6.65. The fourth-order valence-corrected chi connectivity index (χ4v) is 3.97. The number of pyridine rings is 1. The molecule has 1 N–H and O–H groups in total. The van der Waals surface area contributed by atoms with Crippen LogP contribution >= 0.6 is 0 Å². The van der Waals surface area contributed by atoms with Crippen molar-refractivity contribution in [2.24, 2.45) is 0 Å². The lowest BCUT2D eigenvalue weighted by atomic mass is 10.0. The van der Waals surface area contributed by atoms with Gasteiger partial charge in [-0.15, -0.1) is 5.10 Å². The van der Waals surface area contributed by atoms with Gasteiger partial charge in [0.05, 0.1) is 12.1 Å². The number of amides is 2. The van der Waals surface area contributed by atoms with Crippen molar-refractivity contribution in [3.05, 3.63) is 83.7 Å². The quantitative estimate of drug-likeness (QED) is 0.376. The molecule has 9 heteroatoms. The Balaban J connectivity index is 1.80. The summed E-state index contributed by atoms with van der Waals surface area (Å²) >= 11 is 0. The van der Waals surface area contributed by atoms with Crippen LogP contribution in [0.1, 0.15) is 22.7 Å². The number of nitrogens with zero attached hydrogens (tertiary/aromatic N) is 5. The van der Waals surface area contributed by atoms with E-state index >= 15 is 0 Å². The fraction of sp³-hybridized carbons (Fsp3) is 0.269. The van der Waals surface area contributed by atoms with Crippen molar-refractivity contribution in [2.45, 2.75) is 26.4 Å². The van der Waals surface area contributed by atoms with Crippen molar-refractivity contribution < 1.29 is 14.3 Å². The number of carbonyl (C=O) groups is 2. The Labute approximate surface area is 203 Å². The summed E-state index contributed by atoms with van der Waals surface area (Å²) in [5.41, 5.74) is 4.59. The van der Waals surface area contributed by atoms with Gasteiger partial charge in [0.1, 0.15) is 18.1 Å². The van der Waals surface area contributed by atoms with Gasteiger partial charge in [-0.25, -0.2) is 4.68 Å². The van der Waals surface area contributed by atoms with Crippen LogP contribution in [-0.4, -0.2) is 52.1 Å². The summed E-state index contributed by atoms with van der Waals surface area (Å²) in [5.74, 6) is -0.607. The smallest absolute Gasteiger partial charge is 0.249 e. The maximum atomic E-state index is 14.0. The predicted octanol–water partition coefficient (Wildman–Crippen LogP) is 2.98. The molecule has 1 atom stereocenters. The maximum Gasteiger partial charge on any atom is 0.249 e. The molecule has 0 radical (unpaired) electrons. The van der Waals surface area contributed by atoms with E-state index in [-0.39, 0.29) is 18.4 Å². The molecule has 35 heavy (non-hydrogen) atoms. The zero-order valence-corrected chi connectivity index (χ0v) is 20.0. The Morgan fingerprint density at radius 1 is 1.09 bits per heavy atom. The number of anilines is 1. The van der Waals surface area contributed by atoms with E-state index in [0.29, 0.717) is 29.9 Å². The molecule has 0 aliphatic carbocycles. The summed E-state index contributed by atoms with van der Waals surface area (Å²) in [5, 5.41) is 11.2. The van der Waals surface area contributed by atoms with Gasteiger partial charge in [0, 0.05) is 31.7 Å². The van der Waals surface area contributed by atoms with E-state index in [1.165, 1.54) is 0 Å². The minimum absolute atomic E-state index is 0.0825. The number of para-hydroxylation sites is 1. The molecule has 2 aromatic carbocycles. The van der Waals surface area contributed by atoms with Gasteiger partial charge in [0.15, 0.2) is 0 Å². The standard InChI is InChI=1S/C26H28N6O3/c1-18-8-9-19(2)23(16-18)32(24(33)17-31-22-7-5-4-6-21(22)29-30-31)25(20-10-12-27-13-11-20)26(34)28-14-15-35-3/h4-13,16,25H,14-15,17H2,1-3H3,(H,28,34). The van der Waals surface area contributed by atoms with Gasteiger partial charge >= 0.3 is 0 Å². The van der Waals surface area contributed by atoms with Crippen LogP contribution in [0.25, 0.3) is 11.0 Å². The number of hydrogen-bond acceptors (Lipinski definition) is 6. The molecule has 0 fully saturated rings. The van der Waals surface area contributed by atoms with Crippen molar-refractivity contribution in [1.29, 1.82) is 0 Å². The first-order chi connectivity index (χ1) is 17.0. The third-order valence-corrected chi connectivity index (χ3v) is 5.73. The third-order valence-electron chi connectivity index (χ3n) is 5.73. The van der Waals surface area contributed by atoms with Crippen LogP contribution in [0.15, 0.2) is 67.0 Å². The van der Waals surface area contributed by atoms with Gasteiger partial charge in [-0.1, -0.05) is 29.5 Å². The molecule has 0 aliphatic heterocycles. The molecule has 180 valence electrons. The van der Waals surface area contributed by atoms with Crippen molar-refractivity contribution in [3.63, 3.8) is 0 Å². The minimum atomic E-state index is -0.919. The van der Waals surface area contributed by atoms with Crippen LogP contribution in [0, 0.1) is 13.8 Å². The summed E-state index contributed by atoms with van der Waals surface area (Å²) in [6.07, 6.45) is 3.23. The number of aromatic nitrogens is 4. The van der Waals surface area contributed by atoms with Crippen molar-refractivity contribution in [3.8, 4) is 0 Å². The molecular formula is C26H28N6O3. The Morgan fingerprint density at radius 2 is 1.86 bits per heavy atom. The van der Waals surface area contributed by atoms with E-state index < -0.39 is 6.04 Å². The monoisotopic (exact) mass is 472 g/mol. The van der Waals surface area contributed by atoms with Crippen molar-refractivity contribution in [1.82, 2.24) is 25.3 Å². The Hall–Kier alpha value is -4.11. The molecule has 0 bridgehead atoms. The average Bonchev–Trinajstić information content (AvgIpc) is 3.27. The van der Waals surface area contributed by atoms with Crippen LogP contribution in [-0.2, 0) is 20.9 Å². The first-order valence-electron chi connectivity index (χ1n) is 11.3. The molecular weight excluding hydrogens is 444 g/mol. The number of fused-ring (bicyclic) bond motifs is 1. The highest BCUT2D eigenvalue weighted by molar-refractivity contribution is 6.02. The van der Waals surface area contributed by atoms with Gasteiger partial charge in [-0.2, -0.15) is 0 Å². The van der Waals surface area contributed by atoms with E-state index in [4.69, 9.17) is 4.74 Å². The molecule has 2 heterocycles. The molecule has 0 saturated carbocycles. The molecule has 0 aliphatic rings. The number of rotatable bonds is 9. The number of ether oxygens (including phenoxy) is 1. The van der Waals surface area contributed by atoms with Gasteiger partial charge in [-0.3, -0.25) is 19.5 Å². The first-order valence-corrected chi connectivity index (χ1v) is 11.3. The second-order valence-corrected chi connectivity index (χ2v) is 8.26. The maximum absolute atomic E-state index is 14.0. The van der Waals surface area contributed by atoms with E-state index in [2.05, 4.69) is 20.6 Å². The SMILES string of the molecule is COCCNC(=O)C(c1ccncc1)N(C(=O)Cn1nnc2ccccc21)c1cc(C)ccc1C. The van der Waals surface area contributed by atoms with Gasteiger partial charge in [0.25, 0.3) is 0 Å². The topological polar surface area (TPSA) is 102 Å². The molecule has 4 aromatic rings. The van der Waals surface area contributed by atoms with Gasteiger partial charge < -0.3 is 10.1 Å². The average molecular weight is 473 g/mol. The van der Waals surface area contributed by atoms with Crippen LogP contribution in [0.3, 0.4) is 0 Å². The molecule has 1 unspecified atom stereocenters. The lowest BCUT2D eigenvalue weighted by molar-refractivity contribution is -0.127. The summed E-state index contributed by atoms with van der Waals surface area (Å²) in [7, 11) is 1.57. The van der Waals surface area contributed by atoms with Crippen molar-refractivity contribution in [2.75, 3.05) is 25.2 Å². The van der Waals surface area contributed by atoms with Crippen LogP contribution < -0.4 is 10.2 Å². The normalized spacial score (nSPS) is 11.9. The number of carbonyl (C=O) groups excluding carboxylic acids is 2. The molecule has 0 saturated heterocycles. The highest BCUT2D eigenvalue weighted by atomic mass is 16.5. The molecule has 4 rings (SSSR count). The van der Waals surface area contributed by atoms with E-state index in [0.717, 1.165) is 16.6 Å². The third kappa shape index (κ3) is 5.36. The van der Waals surface area contributed by atoms with E-state index in [1.54, 1.807) is 41.2 Å². The molecule has 0 spiro atoms. The van der Waals surface area contributed by atoms with Crippen LogP contribution in [0.5, 0.6) is 0 Å². The predicted molar refractivity (Wildman–Crippen MR) is 133 cm³/mol. The Bertz CT molecular complexity index is 1320. The summed E-state index contributed by atoms with van der Waals surface area (Å²) in [6.45, 7) is 4.47. The second kappa shape index (κ2) is 10.9. The van der Waals surface area contributed by atoms with Gasteiger partial charge in [-0.05, 0) is 60.9 Å². The highest BCUT2D eigenvalue weighted by Gasteiger charge is 2.34. The summed E-state index contributed by atoms with van der Waals surface area (Å²) in [6, 6.07) is 15.9. The largest absolute Gasteiger partial charge is 0.383 e. The molecule has 9 nitrogen and oxygen atoms in total. The fourth-order valence-electron chi connectivity index (χ4n) is 3.97. The Morgan fingerprint density at radius 3 is 2.63 bits per heavy atom. The molecule has 2 aromatic heterocycles. The number of hydrogen-bond donors (Lipinski definition) is 1.